The van der Waals surface area contributed by atoms with Crippen LogP contribution in [0.1, 0.15) is 16.2 Å². The van der Waals surface area contributed by atoms with Crippen molar-refractivity contribution in [3.63, 3.8) is 0 Å². The maximum absolute atomic E-state index is 11.9. The average molecular weight is 233 g/mol. The summed E-state index contributed by atoms with van der Waals surface area (Å²) in [6, 6.07) is 6.89. The van der Waals surface area contributed by atoms with Gasteiger partial charge < -0.3 is 9.26 Å². The van der Waals surface area contributed by atoms with Crippen LogP contribution in [-0.4, -0.2) is 23.2 Å². The molecule has 2 aromatic rings. The molecule has 17 heavy (non-hydrogen) atoms. The van der Waals surface area contributed by atoms with Crippen molar-refractivity contribution in [2.75, 3.05) is 12.4 Å². The van der Waals surface area contributed by atoms with Crippen molar-refractivity contribution in [2.45, 2.75) is 6.92 Å². The fourth-order valence-electron chi connectivity index (χ4n) is 1.35. The monoisotopic (exact) mass is 233 g/mol. The largest absolute Gasteiger partial charge is 0.496 e. The quantitative estimate of drug-likeness (QED) is 0.871. The number of hydrogen-bond acceptors (Lipinski definition) is 5. The molecule has 0 fully saturated rings. The highest BCUT2D eigenvalue weighted by Gasteiger charge is 2.13. The molecule has 88 valence electrons. The number of aromatic nitrogens is 2. The van der Waals surface area contributed by atoms with Gasteiger partial charge in [0, 0.05) is 6.92 Å². The van der Waals surface area contributed by atoms with E-state index in [4.69, 9.17) is 9.26 Å². The molecule has 2 rings (SSSR count). The first kappa shape index (κ1) is 11.1. The number of para-hydroxylation sites is 1. The summed E-state index contributed by atoms with van der Waals surface area (Å²) in [4.78, 5) is 15.8. The van der Waals surface area contributed by atoms with Gasteiger partial charge in [0.25, 0.3) is 11.9 Å². The van der Waals surface area contributed by atoms with Crippen LogP contribution in [0, 0.1) is 6.92 Å². The Labute approximate surface area is 97.6 Å². The lowest BCUT2D eigenvalue weighted by molar-refractivity contribution is 0.102. The summed E-state index contributed by atoms with van der Waals surface area (Å²) in [6.07, 6.45) is 0. The topological polar surface area (TPSA) is 77.2 Å². The lowest BCUT2D eigenvalue weighted by Crippen LogP contribution is -2.14. The number of anilines is 1. The molecular formula is C11H11N3O3. The first-order chi connectivity index (χ1) is 8.20. The van der Waals surface area contributed by atoms with E-state index in [9.17, 15) is 4.79 Å². The number of nitrogens with zero attached hydrogens (tertiary/aromatic N) is 2. The molecule has 1 aromatic heterocycles. The third-order valence-electron chi connectivity index (χ3n) is 2.10. The van der Waals surface area contributed by atoms with Gasteiger partial charge in [0.05, 0.1) is 12.7 Å². The molecule has 0 saturated carbocycles. The second-order valence-electron chi connectivity index (χ2n) is 3.29. The molecule has 1 heterocycles. The molecule has 0 unspecified atom stereocenters. The third kappa shape index (κ3) is 2.41. The van der Waals surface area contributed by atoms with E-state index in [0.29, 0.717) is 17.2 Å². The summed E-state index contributed by atoms with van der Waals surface area (Å²) in [5.41, 5.74) is 0.414. The predicted molar refractivity (Wildman–Crippen MR) is 60.0 cm³/mol. The molecule has 0 aliphatic carbocycles. The molecule has 0 radical (unpaired) electrons. The van der Waals surface area contributed by atoms with E-state index < -0.39 is 0 Å². The van der Waals surface area contributed by atoms with Crippen molar-refractivity contribution >= 4 is 11.9 Å². The number of carbonyl (C=O) groups is 1. The number of rotatable bonds is 3. The van der Waals surface area contributed by atoms with Gasteiger partial charge in [0.15, 0.2) is 0 Å². The fourth-order valence-corrected chi connectivity index (χ4v) is 1.35. The highest BCUT2D eigenvalue weighted by molar-refractivity contribution is 6.05. The summed E-state index contributed by atoms with van der Waals surface area (Å²) in [5.74, 6) is 0.673. The van der Waals surface area contributed by atoms with Crippen molar-refractivity contribution in [3.8, 4) is 5.75 Å². The van der Waals surface area contributed by atoms with Gasteiger partial charge >= 0.3 is 0 Å². The van der Waals surface area contributed by atoms with Crippen LogP contribution in [0.15, 0.2) is 28.8 Å². The van der Waals surface area contributed by atoms with Gasteiger partial charge in [0.2, 0.25) is 5.89 Å². The van der Waals surface area contributed by atoms with E-state index in [1.807, 2.05) is 0 Å². The van der Waals surface area contributed by atoms with E-state index >= 15 is 0 Å². The zero-order valence-corrected chi connectivity index (χ0v) is 9.43. The van der Waals surface area contributed by atoms with Gasteiger partial charge in [-0.3, -0.25) is 10.1 Å². The molecule has 6 nitrogen and oxygen atoms in total. The number of aryl methyl sites for hydroxylation is 1. The van der Waals surface area contributed by atoms with Crippen LogP contribution in [-0.2, 0) is 0 Å². The fraction of sp³-hybridized carbons (Fsp3) is 0.182. The van der Waals surface area contributed by atoms with Crippen LogP contribution in [0.25, 0.3) is 0 Å². The lowest BCUT2D eigenvalue weighted by Gasteiger charge is -2.06. The second-order valence-corrected chi connectivity index (χ2v) is 3.29. The Morgan fingerprint density at radius 2 is 2.18 bits per heavy atom. The highest BCUT2D eigenvalue weighted by atomic mass is 16.5. The van der Waals surface area contributed by atoms with Gasteiger partial charge in [-0.15, -0.1) is 0 Å². The van der Waals surface area contributed by atoms with Gasteiger partial charge in [-0.25, -0.2) is 0 Å². The maximum Gasteiger partial charge on any atom is 0.270 e. The summed E-state index contributed by atoms with van der Waals surface area (Å²) in [6.45, 7) is 1.64. The minimum absolute atomic E-state index is 0.137. The third-order valence-corrected chi connectivity index (χ3v) is 2.10. The number of carbonyl (C=O) groups excluding carboxylic acids is 1. The average Bonchev–Trinajstić information content (AvgIpc) is 2.74. The van der Waals surface area contributed by atoms with Crippen LogP contribution in [0.4, 0.5) is 5.95 Å². The molecule has 0 atom stereocenters. The smallest absolute Gasteiger partial charge is 0.270 e. The Bertz CT molecular complexity index is 536. The molecular weight excluding hydrogens is 222 g/mol. The number of benzene rings is 1. The molecule has 0 spiro atoms. The minimum atomic E-state index is -0.344. The van der Waals surface area contributed by atoms with Gasteiger partial charge in [-0.2, -0.15) is 4.98 Å². The van der Waals surface area contributed by atoms with Crippen molar-refractivity contribution in [1.82, 2.24) is 10.1 Å². The zero-order valence-electron chi connectivity index (χ0n) is 9.43. The summed E-state index contributed by atoms with van der Waals surface area (Å²) >= 11 is 0. The highest BCUT2D eigenvalue weighted by Crippen LogP contribution is 2.18. The second kappa shape index (κ2) is 4.65. The summed E-state index contributed by atoms with van der Waals surface area (Å²) in [5, 5.41) is 6.10. The SMILES string of the molecule is COc1ccccc1C(=O)Nc1noc(C)n1. The van der Waals surface area contributed by atoms with E-state index in [1.165, 1.54) is 7.11 Å². The van der Waals surface area contributed by atoms with Gasteiger partial charge in [0.1, 0.15) is 5.75 Å². The van der Waals surface area contributed by atoms with E-state index in [0.717, 1.165) is 0 Å². The Balaban J connectivity index is 2.20. The number of methoxy groups -OCH3 is 1. The predicted octanol–water partition coefficient (Wildman–Crippen LogP) is 1.64. The van der Waals surface area contributed by atoms with Gasteiger partial charge in [-0.1, -0.05) is 12.1 Å². The zero-order chi connectivity index (χ0) is 12.3. The van der Waals surface area contributed by atoms with Crippen LogP contribution >= 0.6 is 0 Å². The Morgan fingerprint density at radius 1 is 1.41 bits per heavy atom. The van der Waals surface area contributed by atoms with Gasteiger partial charge in [-0.05, 0) is 17.3 Å². The van der Waals surface area contributed by atoms with Crippen LogP contribution in [0.2, 0.25) is 0 Å². The molecule has 0 saturated heterocycles. The Kier molecular flexibility index (Phi) is 3.04. The first-order valence-electron chi connectivity index (χ1n) is 4.95. The molecule has 0 bridgehead atoms. The lowest BCUT2D eigenvalue weighted by atomic mass is 10.2. The molecule has 1 N–H and O–H groups in total. The molecule has 0 aliphatic rings. The van der Waals surface area contributed by atoms with Crippen molar-refractivity contribution in [2.24, 2.45) is 0 Å². The number of ether oxygens (including phenoxy) is 1. The molecule has 0 aliphatic heterocycles. The Morgan fingerprint density at radius 3 is 2.82 bits per heavy atom. The van der Waals surface area contributed by atoms with E-state index in [-0.39, 0.29) is 11.9 Å². The summed E-state index contributed by atoms with van der Waals surface area (Å²) < 4.78 is 9.84. The van der Waals surface area contributed by atoms with Crippen LogP contribution in [0.5, 0.6) is 5.75 Å². The van der Waals surface area contributed by atoms with Crippen LogP contribution < -0.4 is 10.1 Å². The molecule has 1 aromatic carbocycles. The number of nitrogens with one attached hydrogen (secondary N) is 1. The number of hydrogen-bond donors (Lipinski definition) is 1. The van der Waals surface area contributed by atoms with Crippen molar-refractivity contribution in [1.29, 1.82) is 0 Å². The van der Waals surface area contributed by atoms with Crippen molar-refractivity contribution < 1.29 is 14.1 Å². The normalized spacial score (nSPS) is 10.0. The van der Waals surface area contributed by atoms with Crippen LogP contribution in [0.3, 0.4) is 0 Å². The van der Waals surface area contributed by atoms with Crippen molar-refractivity contribution in [3.05, 3.63) is 35.7 Å². The molecule has 6 heteroatoms. The number of amides is 1. The molecule has 1 amide bonds. The summed E-state index contributed by atoms with van der Waals surface area (Å²) in [7, 11) is 1.50. The standard InChI is InChI=1S/C11H11N3O3/c1-7-12-11(14-17-7)13-10(15)8-5-3-4-6-9(8)16-2/h3-6H,1-2H3,(H,13,14,15). The Hall–Kier alpha value is -2.37. The first-order valence-corrected chi connectivity index (χ1v) is 4.95. The van der Waals surface area contributed by atoms with E-state index in [2.05, 4.69) is 15.5 Å². The maximum atomic E-state index is 11.9. The minimum Gasteiger partial charge on any atom is -0.496 e. The van der Waals surface area contributed by atoms with E-state index in [1.54, 1.807) is 31.2 Å².